The Balaban J connectivity index is 3.19. The van der Waals surface area contributed by atoms with Gasteiger partial charge in [0.2, 0.25) is 0 Å². The zero-order valence-corrected chi connectivity index (χ0v) is 9.38. The van der Waals surface area contributed by atoms with Crippen LogP contribution in [0.1, 0.15) is 12.5 Å². The summed E-state index contributed by atoms with van der Waals surface area (Å²) in [5.41, 5.74) is -1.73. The normalized spacial score (nSPS) is 15.1. The lowest BCUT2D eigenvalue weighted by Gasteiger charge is -2.30. The van der Waals surface area contributed by atoms with Gasteiger partial charge >= 0.3 is 6.61 Å². The van der Waals surface area contributed by atoms with Gasteiger partial charge in [0.15, 0.2) is 0 Å². The Morgan fingerprint density at radius 1 is 1.18 bits per heavy atom. The summed E-state index contributed by atoms with van der Waals surface area (Å²) in [5.74, 6) is -0.250. The van der Waals surface area contributed by atoms with Crippen molar-refractivity contribution in [3.63, 3.8) is 0 Å². The maximum absolute atomic E-state index is 13.0. The van der Waals surface area contributed by atoms with E-state index in [0.29, 0.717) is 0 Å². The SMILES string of the molecule is CNC(C)(c1ccccc1OC(F)F)C(F)F. The first-order valence-corrected chi connectivity index (χ1v) is 4.93. The minimum atomic E-state index is -3.05. The molecule has 0 aliphatic heterocycles. The maximum Gasteiger partial charge on any atom is 0.387 e. The summed E-state index contributed by atoms with van der Waals surface area (Å²) in [6, 6.07) is 5.51. The number of halogens is 4. The van der Waals surface area contributed by atoms with Gasteiger partial charge in [-0.3, -0.25) is 0 Å². The van der Waals surface area contributed by atoms with Crippen molar-refractivity contribution < 1.29 is 22.3 Å². The molecule has 6 heteroatoms. The number of benzene rings is 1. The van der Waals surface area contributed by atoms with E-state index in [-0.39, 0.29) is 11.3 Å². The molecule has 0 saturated carbocycles. The highest BCUT2D eigenvalue weighted by Crippen LogP contribution is 2.34. The third kappa shape index (κ3) is 2.88. The third-order valence-corrected chi connectivity index (χ3v) is 2.62. The Labute approximate surface area is 96.6 Å². The van der Waals surface area contributed by atoms with Crippen LogP contribution in [0, 0.1) is 0 Å². The fourth-order valence-electron chi connectivity index (χ4n) is 1.46. The van der Waals surface area contributed by atoms with Crippen LogP contribution in [0.15, 0.2) is 24.3 Å². The molecule has 0 fully saturated rings. The average molecular weight is 251 g/mol. The molecule has 0 bridgehead atoms. The van der Waals surface area contributed by atoms with Gasteiger partial charge in [-0.2, -0.15) is 8.78 Å². The van der Waals surface area contributed by atoms with Crippen molar-refractivity contribution in [3.8, 4) is 5.75 Å². The standard InChI is InChI=1S/C11H13F4NO/c1-11(16-2,9(12)13)7-5-3-4-6-8(7)17-10(14)15/h3-6,9-10,16H,1-2H3. The Bertz CT molecular complexity index is 372. The number of nitrogens with one attached hydrogen (secondary N) is 1. The molecule has 0 aliphatic rings. The second-order valence-corrected chi connectivity index (χ2v) is 3.63. The van der Waals surface area contributed by atoms with E-state index < -0.39 is 18.6 Å². The zero-order valence-electron chi connectivity index (χ0n) is 9.38. The van der Waals surface area contributed by atoms with Crippen LogP contribution in [-0.4, -0.2) is 20.1 Å². The van der Waals surface area contributed by atoms with Crippen LogP contribution in [0.2, 0.25) is 0 Å². The van der Waals surface area contributed by atoms with Gasteiger partial charge in [0.1, 0.15) is 11.3 Å². The van der Waals surface area contributed by atoms with Gasteiger partial charge in [-0.1, -0.05) is 18.2 Å². The van der Waals surface area contributed by atoms with Crippen molar-refractivity contribution in [1.82, 2.24) is 5.32 Å². The molecule has 1 aromatic rings. The van der Waals surface area contributed by atoms with E-state index in [1.807, 2.05) is 0 Å². The van der Waals surface area contributed by atoms with Crippen LogP contribution >= 0.6 is 0 Å². The van der Waals surface area contributed by atoms with Gasteiger partial charge < -0.3 is 10.1 Å². The molecule has 2 nitrogen and oxygen atoms in total. The Hall–Kier alpha value is -1.30. The fraction of sp³-hybridized carbons (Fsp3) is 0.455. The lowest BCUT2D eigenvalue weighted by molar-refractivity contribution is -0.0529. The highest BCUT2D eigenvalue weighted by atomic mass is 19.3. The highest BCUT2D eigenvalue weighted by molar-refractivity contribution is 5.39. The van der Waals surface area contributed by atoms with Crippen molar-refractivity contribution in [3.05, 3.63) is 29.8 Å². The van der Waals surface area contributed by atoms with Crippen LogP contribution in [0.25, 0.3) is 0 Å². The van der Waals surface area contributed by atoms with Gasteiger partial charge in [0.05, 0.1) is 0 Å². The van der Waals surface area contributed by atoms with Crippen molar-refractivity contribution in [2.45, 2.75) is 25.5 Å². The number of para-hydroxylation sites is 1. The molecule has 1 unspecified atom stereocenters. The number of hydrogen-bond acceptors (Lipinski definition) is 2. The van der Waals surface area contributed by atoms with Gasteiger partial charge in [-0.25, -0.2) is 8.78 Å². The highest BCUT2D eigenvalue weighted by Gasteiger charge is 2.37. The summed E-state index contributed by atoms with van der Waals surface area (Å²) in [5, 5.41) is 2.43. The lowest BCUT2D eigenvalue weighted by atomic mass is 9.92. The molecule has 0 heterocycles. The van der Waals surface area contributed by atoms with E-state index in [1.54, 1.807) is 0 Å². The predicted octanol–water partition coefficient (Wildman–Crippen LogP) is 2.99. The summed E-state index contributed by atoms with van der Waals surface area (Å²) >= 11 is 0. The fourth-order valence-corrected chi connectivity index (χ4v) is 1.46. The van der Waals surface area contributed by atoms with E-state index in [2.05, 4.69) is 10.1 Å². The molecular weight excluding hydrogens is 238 g/mol. The topological polar surface area (TPSA) is 21.3 Å². The van der Waals surface area contributed by atoms with Crippen LogP contribution in [0.5, 0.6) is 5.75 Å². The number of hydrogen-bond donors (Lipinski definition) is 1. The minimum absolute atomic E-state index is 0.00204. The summed E-state index contributed by atoms with van der Waals surface area (Å²) in [6.07, 6.45) is -2.75. The van der Waals surface area contributed by atoms with Gasteiger partial charge in [-0.05, 0) is 20.0 Å². The second-order valence-electron chi connectivity index (χ2n) is 3.63. The van der Waals surface area contributed by atoms with Crippen LogP contribution in [0.4, 0.5) is 17.6 Å². The molecule has 1 atom stereocenters. The molecule has 0 radical (unpaired) electrons. The van der Waals surface area contributed by atoms with Crippen LogP contribution in [0.3, 0.4) is 0 Å². The molecule has 17 heavy (non-hydrogen) atoms. The third-order valence-electron chi connectivity index (χ3n) is 2.62. The smallest absolute Gasteiger partial charge is 0.387 e. The predicted molar refractivity (Wildman–Crippen MR) is 55.5 cm³/mol. The van der Waals surface area contributed by atoms with Crippen LogP contribution in [-0.2, 0) is 5.54 Å². The summed E-state index contributed by atoms with van der Waals surface area (Å²) in [6.45, 7) is -1.82. The van der Waals surface area contributed by atoms with Gasteiger partial charge in [-0.15, -0.1) is 0 Å². The molecule has 0 spiro atoms. The average Bonchev–Trinajstić information content (AvgIpc) is 2.27. The first kappa shape index (κ1) is 13.8. The second kappa shape index (κ2) is 5.35. The maximum atomic E-state index is 13.0. The minimum Gasteiger partial charge on any atom is -0.434 e. The van der Waals surface area contributed by atoms with Crippen molar-refractivity contribution in [1.29, 1.82) is 0 Å². The van der Waals surface area contributed by atoms with E-state index in [4.69, 9.17) is 0 Å². The number of ether oxygens (including phenoxy) is 1. The molecule has 1 rings (SSSR count). The monoisotopic (exact) mass is 251 g/mol. The van der Waals surface area contributed by atoms with Crippen molar-refractivity contribution >= 4 is 0 Å². The Morgan fingerprint density at radius 3 is 2.24 bits per heavy atom. The summed E-state index contributed by atoms with van der Waals surface area (Å²) in [7, 11) is 1.34. The molecule has 0 aromatic heterocycles. The molecule has 0 aliphatic carbocycles. The first-order valence-electron chi connectivity index (χ1n) is 4.93. The van der Waals surface area contributed by atoms with Gasteiger partial charge in [0, 0.05) is 5.56 Å². The lowest BCUT2D eigenvalue weighted by Crippen LogP contribution is -2.44. The number of alkyl halides is 4. The largest absolute Gasteiger partial charge is 0.434 e. The summed E-state index contributed by atoms with van der Waals surface area (Å²) < 4.78 is 54.5. The van der Waals surface area contributed by atoms with Gasteiger partial charge in [0.25, 0.3) is 6.43 Å². The van der Waals surface area contributed by atoms with Crippen LogP contribution < -0.4 is 10.1 Å². The van der Waals surface area contributed by atoms with E-state index in [1.165, 1.54) is 38.2 Å². The van der Waals surface area contributed by atoms with Crippen molar-refractivity contribution in [2.24, 2.45) is 0 Å². The summed E-state index contributed by atoms with van der Waals surface area (Å²) in [4.78, 5) is 0. The molecule has 0 amide bonds. The Kier molecular flexibility index (Phi) is 4.34. The zero-order chi connectivity index (χ0) is 13.1. The van der Waals surface area contributed by atoms with E-state index in [0.717, 1.165) is 0 Å². The molecule has 1 N–H and O–H groups in total. The quantitative estimate of drug-likeness (QED) is 0.812. The first-order chi connectivity index (χ1) is 7.91. The van der Waals surface area contributed by atoms with E-state index >= 15 is 0 Å². The molecule has 1 aromatic carbocycles. The molecule has 96 valence electrons. The van der Waals surface area contributed by atoms with E-state index in [9.17, 15) is 17.6 Å². The Morgan fingerprint density at radius 2 is 1.76 bits per heavy atom. The number of rotatable bonds is 5. The molecular formula is C11H13F4NO. The van der Waals surface area contributed by atoms with Crippen molar-refractivity contribution in [2.75, 3.05) is 7.05 Å². The molecule has 0 saturated heterocycles.